The van der Waals surface area contributed by atoms with Crippen LogP contribution < -0.4 is 0 Å². The second kappa shape index (κ2) is 9.84. The summed E-state index contributed by atoms with van der Waals surface area (Å²) in [6.45, 7) is 6.90. The average molecular weight is 468 g/mol. The first-order valence-electron chi connectivity index (χ1n) is 10.7. The summed E-state index contributed by atoms with van der Waals surface area (Å²) in [5.41, 5.74) is 2.10. The minimum Gasteiger partial charge on any atom is -0.347 e. The van der Waals surface area contributed by atoms with Crippen LogP contribution in [0, 0.1) is 0 Å². The summed E-state index contributed by atoms with van der Waals surface area (Å²) < 4.78 is 2.24. The predicted molar refractivity (Wildman–Crippen MR) is 131 cm³/mol. The first-order valence-corrected chi connectivity index (χ1v) is 11.9. The van der Waals surface area contributed by atoms with Gasteiger partial charge in [0, 0.05) is 67.1 Å². The standard InChI is InChI=1S/C25H26ClN3O2S/c1-3-27-12-11-20-5-4-6-23(25(20)27)32-22-9-7-19(17-21(22)26)8-10-24(31)29-15-13-28(14-16-29)18(2)30/h4-12,17H,3,13-16H2,1-2H3/b10-8+. The van der Waals surface area contributed by atoms with Crippen molar-refractivity contribution in [3.05, 3.63) is 65.3 Å². The van der Waals surface area contributed by atoms with Gasteiger partial charge in [-0.25, -0.2) is 0 Å². The van der Waals surface area contributed by atoms with Crippen molar-refractivity contribution in [3.8, 4) is 0 Å². The number of aromatic nitrogens is 1. The zero-order valence-corrected chi connectivity index (χ0v) is 19.8. The van der Waals surface area contributed by atoms with E-state index in [4.69, 9.17) is 11.6 Å². The van der Waals surface area contributed by atoms with E-state index in [1.54, 1.807) is 40.6 Å². The quantitative estimate of drug-likeness (QED) is 0.486. The molecule has 5 nitrogen and oxygen atoms in total. The van der Waals surface area contributed by atoms with E-state index in [9.17, 15) is 9.59 Å². The highest BCUT2D eigenvalue weighted by Gasteiger charge is 2.20. The third-order valence-corrected chi connectivity index (χ3v) is 7.27. The minimum absolute atomic E-state index is 0.0465. The zero-order valence-electron chi connectivity index (χ0n) is 18.3. The molecule has 4 rings (SSSR count). The molecule has 3 aromatic rings. The predicted octanol–water partition coefficient (Wildman–Crippen LogP) is 5.17. The number of fused-ring (bicyclic) bond motifs is 1. The van der Waals surface area contributed by atoms with Gasteiger partial charge in [0.05, 0.1) is 10.5 Å². The molecular weight excluding hydrogens is 442 g/mol. The van der Waals surface area contributed by atoms with Gasteiger partial charge in [-0.15, -0.1) is 0 Å². The summed E-state index contributed by atoms with van der Waals surface area (Å²) in [5, 5.41) is 1.88. The van der Waals surface area contributed by atoms with E-state index in [1.807, 2.05) is 18.2 Å². The summed E-state index contributed by atoms with van der Waals surface area (Å²) in [7, 11) is 0. The molecule has 2 aromatic carbocycles. The Morgan fingerprint density at radius 1 is 1.03 bits per heavy atom. The summed E-state index contributed by atoms with van der Waals surface area (Å²) >= 11 is 8.25. The van der Waals surface area contributed by atoms with Crippen molar-refractivity contribution in [2.24, 2.45) is 0 Å². The molecule has 0 bridgehead atoms. The SMILES string of the molecule is CCn1ccc2cccc(Sc3ccc(/C=C/C(=O)N4CCN(C(C)=O)CC4)cc3Cl)c21. The van der Waals surface area contributed by atoms with Gasteiger partial charge in [-0.1, -0.05) is 41.6 Å². The van der Waals surface area contributed by atoms with Crippen LogP contribution in [0.5, 0.6) is 0 Å². The highest BCUT2D eigenvalue weighted by molar-refractivity contribution is 7.99. The first-order chi connectivity index (χ1) is 15.5. The molecule has 0 atom stereocenters. The van der Waals surface area contributed by atoms with Gasteiger partial charge in [0.1, 0.15) is 0 Å². The Labute approximate surface area is 197 Å². The Morgan fingerprint density at radius 3 is 2.47 bits per heavy atom. The molecule has 0 radical (unpaired) electrons. The summed E-state index contributed by atoms with van der Waals surface area (Å²) in [6, 6.07) is 14.3. The number of rotatable bonds is 5. The van der Waals surface area contributed by atoms with Gasteiger partial charge in [-0.05, 0) is 42.8 Å². The number of carbonyl (C=O) groups excluding carboxylic acids is 2. The van der Waals surface area contributed by atoms with E-state index in [-0.39, 0.29) is 11.8 Å². The summed E-state index contributed by atoms with van der Waals surface area (Å²) in [6.07, 6.45) is 5.49. The second-order valence-corrected chi connectivity index (χ2v) is 9.24. The lowest BCUT2D eigenvalue weighted by Crippen LogP contribution is -2.49. The lowest BCUT2D eigenvalue weighted by Gasteiger charge is -2.33. The monoisotopic (exact) mass is 467 g/mol. The van der Waals surface area contributed by atoms with E-state index in [0.29, 0.717) is 31.2 Å². The lowest BCUT2D eigenvalue weighted by molar-refractivity contribution is -0.135. The molecule has 1 fully saturated rings. The number of piperazine rings is 1. The molecule has 0 unspecified atom stereocenters. The molecule has 0 N–H and O–H groups in total. The Morgan fingerprint density at radius 2 is 1.78 bits per heavy atom. The molecule has 2 heterocycles. The number of amides is 2. The fraction of sp³-hybridized carbons (Fsp3) is 0.280. The third-order valence-electron chi connectivity index (χ3n) is 5.72. The molecular formula is C25H26ClN3O2S. The van der Waals surface area contributed by atoms with Crippen LogP contribution in [0.1, 0.15) is 19.4 Å². The fourth-order valence-electron chi connectivity index (χ4n) is 3.91. The van der Waals surface area contributed by atoms with E-state index >= 15 is 0 Å². The number of hydrogen-bond donors (Lipinski definition) is 0. The second-order valence-electron chi connectivity index (χ2n) is 7.75. The molecule has 1 aromatic heterocycles. The average Bonchev–Trinajstić information content (AvgIpc) is 3.23. The van der Waals surface area contributed by atoms with Crippen LogP contribution in [0.25, 0.3) is 17.0 Å². The summed E-state index contributed by atoms with van der Waals surface area (Å²) in [4.78, 5) is 29.6. The molecule has 1 saturated heterocycles. The van der Waals surface area contributed by atoms with Gasteiger partial charge in [-0.3, -0.25) is 9.59 Å². The first kappa shape index (κ1) is 22.5. The Balaban J connectivity index is 1.44. The van der Waals surface area contributed by atoms with Crippen LogP contribution >= 0.6 is 23.4 Å². The van der Waals surface area contributed by atoms with Crippen molar-refractivity contribution >= 4 is 52.2 Å². The molecule has 1 aliphatic heterocycles. The Kier molecular flexibility index (Phi) is 6.92. The smallest absolute Gasteiger partial charge is 0.246 e. The molecule has 32 heavy (non-hydrogen) atoms. The molecule has 166 valence electrons. The van der Waals surface area contributed by atoms with Gasteiger partial charge in [0.25, 0.3) is 0 Å². The minimum atomic E-state index is -0.0465. The number of aryl methyl sites for hydroxylation is 1. The Bertz CT molecular complexity index is 1180. The normalized spacial score (nSPS) is 14.5. The summed E-state index contributed by atoms with van der Waals surface area (Å²) in [5.74, 6) is 0.00847. The number of benzene rings is 2. The molecule has 1 aliphatic rings. The van der Waals surface area contributed by atoms with Crippen molar-refractivity contribution in [1.82, 2.24) is 14.4 Å². The van der Waals surface area contributed by atoms with Crippen molar-refractivity contribution in [2.45, 2.75) is 30.2 Å². The van der Waals surface area contributed by atoms with Crippen LogP contribution in [-0.2, 0) is 16.1 Å². The van der Waals surface area contributed by atoms with Crippen molar-refractivity contribution < 1.29 is 9.59 Å². The number of nitrogens with zero attached hydrogens (tertiary/aromatic N) is 3. The van der Waals surface area contributed by atoms with Crippen LogP contribution in [0.15, 0.2) is 64.5 Å². The van der Waals surface area contributed by atoms with Crippen LogP contribution in [0.3, 0.4) is 0 Å². The van der Waals surface area contributed by atoms with Crippen LogP contribution in [-0.4, -0.2) is 52.4 Å². The number of hydrogen-bond acceptors (Lipinski definition) is 3. The van der Waals surface area contributed by atoms with Gasteiger partial charge in [-0.2, -0.15) is 0 Å². The van der Waals surface area contributed by atoms with E-state index in [2.05, 4.69) is 42.0 Å². The van der Waals surface area contributed by atoms with E-state index in [1.165, 1.54) is 15.8 Å². The van der Waals surface area contributed by atoms with Gasteiger partial charge >= 0.3 is 0 Å². The van der Waals surface area contributed by atoms with Crippen molar-refractivity contribution in [3.63, 3.8) is 0 Å². The topological polar surface area (TPSA) is 45.6 Å². The largest absolute Gasteiger partial charge is 0.347 e. The maximum absolute atomic E-state index is 12.5. The maximum atomic E-state index is 12.5. The van der Waals surface area contributed by atoms with Crippen molar-refractivity contribution in [1.29, 1.82) is 0 Å². The zero-order chi connectivity index (χ0) is 22.7. The van der Waals surface area contributed by atoms with Crippen molar-refractivity contribution in [2.75, 3.05) is 26.2 Å². The number of carbonyl (C=O) groups is 2. The molecule has 0 saturated carbocycles. The number of para-hydroxylation sites is 1. The van der Waals surface area contributed by atoms with Crippen LogP contribution in [0.4, 0.5) is 0 Å². The van der Waals surface area contributed by atoms with Gasteiger partial charge in [0.2, 0.25) is 11.8 Å². The number of halogens is 1. The molecule has 7 heteroatoms. The highest BCUT2D eigenvalue weighted by atomic mass is 35.5. The maximum Gasteiger partial charge on any atom is 0.246 e. The van der Waals surface area contributed by atoms with E-state index in [0.717, 1.165) is 17.0 Å². The van der Waals surface area contributed by atoms with E-state index < -0.39 is 0 Å². The lowest BCUT2D eigenvalue weighted by atomic mass is 10.2. The van der Waals surface area contributed by atoms with Crippen LogP contribution in [0.2, 0.25) is 5.02 Å². The molecule has 0 aliphatic carbocycles. The fourth-order valence-corrected chi connectivity index (χ4v) is 5.22. The molecule has 2 amide bonds. The highest BCUT2D eigenvalue weighted by Crippen LogP contribution is 2.38. The van der Waals surface area contributed by atoms with Gasteiger partial charge < -0.3 is 14.4 Å². The van der Waals surface area contributed by atoms with Gasteiger partial charge in [0.15, 0.2) is 0 Å². The molecule has 0 spiro atoms. The third kappa shape index (κ3) is 4.87. The Hall–Kier alpha value is -2.70.